The number of carbonyl (C=O) groups excluding carboxylic acids is 1. The zero-order valence-corrected chi connectivity index (χ0v) is 16.7. The maximum Gasteiger partial charge on any atom is 0.262 e. The molecule has 3 rings (SSSR count). The van der Waals surface area contributed by atoms with Crippen molar-refractivity contribution in [3.8, 4) is 6.07 Å². The van der Waals surface area contributed by atoms with Crippen molar-refractivity contribution in [3.05, 3.63) is 50.7 Å². The molecule has 1 aromatic carbocycles. The van der Waals surface area contributed by atoms with Gasteiger partial charge in [0.25, 0.3) is 5.91 Å². The minimum atomic E-state index is -2.34. The quantitative estimate of drug-likeness (QED) is 0.378. The monoisotopic (exact) mass is 428 g/mol. The average molecular weight is 428 g/mol. The summed E-state index contributed by atoms with van der Waals surface area (Å²) in [5.41, 5.74) is -0.627. The zero-order chi connectivity index (χ0) is 21.7. The van der Waals surface area contributed by atoms with E-state index in [2.05, 4.69) is 26.1 Å². The largest absolute Gasteiger partial charge is 0.312 e. The maximum absolute atomic E-state index is 13.9. The van der Waals surface area contributed by atoms with E-state index in [0.717, 1.165) is 28.2 Å². The summed E-state index contributed by atoms with van der Waals surface area (Å²) in [5.74, 6) is -12.3. The molecule has 0 saturated carbocycles. The fraction of sp³-hybridized carbons (Fsp3) is 0.400. The molecule has 154 valence electrons. The summed E-state index contributed by atoms with van der Waals surface area (Å²) in [6, 6.07) is 1.98. The molecule has 1 heterocycles. The van der Waals surface area contributed by atoms with Crippen LogP contribution in [0.1, 0.15) is 53.6 Å². The van der Waals surface area contributed by atoms with Gasteiger partial charge in [0.05, 0.1) is 5.56 Å². The highest BCUT2D eigenvalue weighted by atomic mass is 32.1. The van der Waals surface area contributed by atoms with Crippen LogP contribution in [0.15, 0.2) is 0 Å². The van der Waals surface area contributed by atoms with Crippen LogP contribution in [0.3, 0.4) is 0 Å². The Balaban J connectivity index is 1.98. The SMILES string of the molecule is CC(C)(C)[C@H]1CCc2c(sc(NC(=O)c3c(F)c(F)c(F)c(F)c3F)c2C#N)C1. The molecule has 1 aliphatic rings. The third-order valence-electron chi connectivity index (χ3n) is 5.27. The molecule has 1 amide bonds. The average Bonchev–Trinajstić information content (AvgIpc) is 3.00. The number of nitriles is 1. The van der Waals surface area contributed by atoms with Gasteiger partial charge in [-0.3, -0.25) is 4.79 Å². The minimum Gasteiger partial charge on any atom is -0.312 e. The fourth-order valence-electron chi connectivity index (χ4n) is 3.50. The van der Waals surface area contributed by atoms with Crippen molar-refractivity contribution < 1.29 is 26.7 Å². The van der Waals surface area contributed by atoms with Crippen molar-refractivity contribution in [2.24, 2.45) is 11.3 Å². The van der Waals surface area contributed by atoms with Gasteiger partial charge in [-0.2, -0.15) is 5.26 Å². The van der Waals surface area contributed by atoms with Crippen LogP contribution >= 0.6 is 11.3 Å². The number of anilines is 1. The molecular weight excluding hydrogens is 411 g/mol. The van der Waals surface area contributed by atoms with Gasteiger partial charge in [0.1, 0.15) is 16.6 Å². The third-order valence-corrected chi connectivity index (χ3v) is 6.44. The van der Waals surface area contributed by atoms with Gasteiger partial charge >= 0.3 is 0 Å². The predicted octanol–water partition coefficient (Wildman–Crippen LogP) is 5.72. The Bertz CT molecular complexity index is 1020. The molecule has 0 saturated heterocycles. The second-order valence-corrected chi connectivity index (χ2v) is 9.13. The lowest BCUT2D eigenvalue weighted by molar-refractivity contribution is 0.101. The summed E-state index contributed by atoms with van der Waals surface area (Å²) in [4.78, 5) is 13.2. The van der Waals surface area contributed by atoms with Crippen molar-refractivity contribution >= 4 is 22.2 Å². The van der Waals surface area contributed by atoms with Gasteiger partial charge in [-0.25, -0.2) is 22.0 Å². The van der Waals surface area contributed by atoms with Gasteiger partial charge in [-0.15, -0.1) is 11.3 Å². The van der Waals surface area contributed by atoms with E-state index in [4.69, 9.17) is 0 Å². The van der Waals surface area contributed by atoms with Gasteiger partial charge in [-0.05, 0) is 36.2 Å². The van der Waals surface area contributed by atoms with E-state index in [1.807, 2.05) is 6.07 Å². The van der Waals surface area contributed by atoms with E-state index in [-0.39, 0.29) is 16.0 Å². The molecule has 1 aromatic heterocycles. The lowest BCUT2D eigenvalue weighted by atomic mass is 9.72. The van der Waals surface area contributed by atoms with E-state index in [9.17, 15) is 32.0 Å². The molecule has 0 aliphatic heterocycles. The molecule has 1 aliphatic carbocycles. The van der Waals surface area contributed by atoms with Gasteiger partial charge in [0.15, 0.2) is 23.3 Å². The number of thiophene rings is 1. The Morgan fingerprint density at radius 3 is 2.14 bits per heavy atom. The first kappa shape index (κ1) is 21.2. The first-order chi connectivity index (χ1) is 13.5. The molecule has 0 unspecified atom stereocenters. The standard InChI is InChI=1S/C20H17F5N2OS/c1-20(2,3)8-4-5-9-10(7-26)19(29-11(9)6-8)27-18(28)12-13(21)15(23)17(25)16(24)14(12)22/h8H,4-6H2,1-3H3,(H,27,28)/t8-/m0/s1. The Kier molecular flexibility index (Phi) is 5.43. The molecule has 2 aromatic rings. The van der Waals surface area contributed by atoms with E-state index in [0.29, 0.717) is 18.8 Å². The summed E-state index contributed by atoms with van der Waals surface area (Å²) in [6.07, 6.45) is 2.12. The van der Waals surface area contributed by atoms with Crippen LogP contribution < -0.4 is 5.32 Å². The van der Waals surface area contributed by atoms with Crippen LogP contribution in [0.2, 0.25) is 0 Å². The molecule has 1 atom stereocenters. The predicted molar refractivity (Wildman–Crippen MR) is 98.2 cm³/mol. The normalized spacial score (nSPS) is 16.3. The Morgan fingerprint density at radius 2 is 1.62 bits per heavy atom. The van der Waals surface area contributed by atoms with Crippen molar-refractivity contribution in [1.82, 2.24) is 0 Å². The molecule has 0 radical (unpaired) electrons. The number of hydrogen-bond donors (Lipinski definition) is 1. The van der Waals surface area contributed by atoms with E-state index in [1.165, 1.54) is 0 Å². The van der Waals surface area contributed by atoms with Crippen molar-refractivity contribution in [1.29, 1.82) is 5.26 Å². The number of amides is 1. The zero-order valence-electron chi connectivity index (χ0n) is 15.9. The number of nitrogens with zero attached hydrogens (tertiary/aromatic N) is 1. The molecule has 0 fully saturated rings. The van der Waals surface area contributed by atoms with Crippen LogP contribution in [0.5, 0.6) is 0 Å². The van der Waals surface area contributed by atoms with E-state index < -0.39 is 40.6 Å². The van der Waals surface area contributed by atoms with Crippen LogP contribution in [-0.4, -0.2) is 5.91 Å². The fourth-order valence-corrected chi connectivity index (χ4v) is 4.77. The molecule has 3 nitrogen and oxygen atoms in total. The second-order valence-electron chi connectivity index (χ2n) is 8.02. The van der Waals surface area contributed by atoms with Gasteiger partial charge < -0.3 is 5.32 Å². The molecule has 0 spiro atoms. The molecule has 1 N–H and O–H groups in total. The van der Waals surface area contributed by atoms with Gasteiger partial charge in [0, 0.05) is 4.88 Å². The lowest BCUT2D eigenvalue weighted by Gasteiger charge is -2.33. The maximum atomic E-state index is 13.9. The van der Waals surface area contributed by atoms with Crippen LogP contribution in [0.25, 0.3) is 0 Å². The Morgan fingerprint density at radius 1 is 1.07 bits per heavy atom. The topological polar surface area (TPSA) is 52.9 Å². The summed E-state index contributed by atoms with van der Waals surface area (Å²) < 4.78 is 67.8. The highest BCUT2D eigenvalue weighted by Crippen LogP contribution is 2.44. The lowest BCUT2D eigenvalue weighted by Crippen LogP contribution is -2.26. The van der Waals surface area contributed by atoms with E-state index in [1.54, 1.807) is 0 Å². The van der Waals surface area contributed by atoms with Gasteiger partial charge in [-0.1, -0.05) is 20.8 Å². The number of carbonyl (C=O) groups is 1. The number of hydrogen-bond acceptors (Lipinski definition) is 3. The van der Waals surface area contributed by atoms with Crippen molar-refractivity contribution in [3.63, 3.8) is 0 Å². The summed E-state index contributed by atoms with van der Waals surface area (Å²) in [7, 11) is 0. The number of nitrogens with one attached hydrogen (secondary N) is 1. The summed E-state index contributed by atoms with van der Waals surface area (Å²) >= 11 is 1.09. The number of fused-ring (bicyclic) bond motifs is 1. The van der Waals surface area contributed by atoms with Crippen molar-refractivity contribution in [2.45, 2.75) is 40.0 Å². The van der Waals surface area contributed by atoms with Crippen LogP contribution in [0, 0.1) is 51.8 Å². The first-order valence-corrected chi connectivity index (χ1v) is 9.66. The van der Waals surface area contributed by atoms with Gasteiger partial charge in [0.2, 0.25) is 5.82 Å². The second kappa shape index (κ2) is 7.41. The molecular formula is C20H17F5N2OS. The van der Waals surface area contributed by atoms with Crippen LogP contribution in [-0.2, 0) is 12.8 Å². The molecule has 0 bridgehead atoms. The number of halogens is 5. The molecule has 9 heteroatoms. The van der Waals surface area contributed by atoms with E-state index >= 15 is 0 Å². The Labute approximate surface area is 168 Å². The van der Waals surface area contributed by atoms with Crippen molar-refractivity contribution in [2.75, 3.05) is 5.32 Å². The first-order valence-electron chi connectivity index (χ1n) is 8.84. The molecule has 29 heavy (non-hydrogen) atoms. The Hall–Kier alpha value is -2.47. The highest BCUT2D eigenvalue weighted by Gasteiger charge is 2.34. The summed E-state index contributed by atoms with van der Waals surface area (Å²) in [6.45, 7) is 6.31. The third kappa shape index (κ3) is 3.62. The number of benzene rings is 1. The highest BCUT2D eigenvalue weighted by molar-refractivity contribution is 7.16. The minimum absolute atomic E-state index is 0.0350. The smallest absolute Gasteiger partial charge is 0.262 e. The van der Waals surface area contributed by atoms with Crippen LogP contribution in [0.4, 0.5) is 27.0 Å². The number of rotatable bonds is 2. The summed E-state index contributed by atoms with van der Waals surface area (Å²) in [5, 5.41) is 11.7.